The molecule has 0 saturated carbocycles. The van der Waals surface area contributed by atoms with E-state index in [2.05, 4.69) is 26.2 Å². The van der Waals surface area contributed by atoms with Crippen LogP contribution in [0.25, 0.3) is 0 Å². The van der Waals surface area contributed by atoms with Crippen molar-refractivity contribution in [3.63, 3.8) is 0 Å². The quantitative estimate of drug-likeness (QED) is 0.870. The summed E-state index contributed by atoms with van der Waals surface area (Å²) in [4.78, 5) is 27.0. The third kappa shape index (κ3) is 4.27. The van der Waals surface area contributed by atoms with Crippen LogP contribution < -0.4 is 11.1 Å². The van der Waals surface area contributed by atoms with Gasteiger partial charge in [-0.2, -0.15) is 0 Å². The minimum absolute atomic E-state index is 0.114. The second kappa shape index (κ2) is 6.69. The Labute approximate surface area is 134 Å². The van der Waals surface area contributed by atoms with Crippen LogP contribution >= 0.6 is 27.5 Å². The van der Waals surface area contributed by atoms with Crippen molar-refractivity contribution in [1.29, 1.82) is 0 Å². The van der Waals surface area contributed by atoms with E-state index in [0.29, 0.717) is 26.4 Å². The van der Waals surface area contributed by atoms with Crippen molar-refractivity contribution >= 4 is 45.2 Å². The molecule has 0 fully saturated rings. The lowest BCUT2D eigenvalue weighted by atomic mass is 10.1. The fraction of sp³-hybridized carbons (Fsp3) is 0.0714. The Hall–Kier alpha value is -1.92. The Bertz CT molecular complexity index is 706. The van der Waals surface area contributed by atoms with Crippen molar-refractivity contribution in [2.24, 2.45) is 5.73 Å². The maximum atomic E-state index is 11.9. The third-order valence-electron chi connectivity index (χ3n) is 2.65. The second-order valence-electron chi connectivity index (χ2n) is 4.27. The summed E-state index contributed by atoms with van der Waals surface area (Å²) in [6.45, 7) is 0. The molecule has 0 unspecified atom stereocenters. The van der Waals surface area contributed by atoms with Crippen LogP contribution in [-0.2, 0) is 11.2 Å². The summed E-state index contributed by atoms with van der Waals surface area (Å²) < 4.78 is 0.644. The van der Waals surface area contributed by atoms with Crippen LogP contribution in [0.4, 0.5) is 5.82 Å². The Morgan fingerprint density at radius 2 is 2.10 bits per heavy atom. The smallest absolute Gasteiger partial charge is 0.248 e. The molecule has 1 aromatic carbocycles. The first kappa shape index (κ1) is 15.5. The van der Waals surface area contributed by atoms with E-state index in [1.807, 2.05) is 0 Å². The molecule has 7 heteroatoms. The maximum absolute atomic E-state index is 11.9. The molecule has 21 heavy (non-hydrogen) atoms. The molecule has 3 N–H and O–H groups in total. The van der Waals surface area contributed by atoms with Crippen molar-refractivity contribution in [1.82, 2.24) is 4.98 Å². The molecule has 0 aliphatic rings. The summed E-state index contributed by atoms with van der Waals surface area (Å²) in [5.74, 6) is -0.388. The van der Waals surface area contributed by atoms with Gasteiger partial charge in [0.25, 0.3) is 0 Å². The van der Waals surface area contributed by atoms with Crippen LogP contribution in [0, 0.1) is 0 Å². The van der Waals surface area contributed by atoms with Gasteiger partial charge in [-0.3, -0.25) is 9.59 Å². The Morgan fingerprint density at radius 3 is 2.76 bits per heavy atom. The zero-order valence-electron chi connectivity index (χ0n) is 10.8. The van der Waals surface area contributed by atoms with Crippen LogP contribution in [0.5, 0.6) is 0 Å². The van der Waals surface area contributed by atoms with Crippen LogP contribution in [0.2, 0.25) is 5.02 Å². The molecule has 0 radical (unpaired) electrons. The lowest BCUT2D eigenvalue weighted by molar-refractivity contribution is -0.115. The van der Waals surface area contributed by atoms with Crippen LogP contribution in [0.15, 0.2) is 41.0 Å². The zero-order chi connectivity index (χ0) is 15.4. The minimum atomic E-state index is -0.527. The lowest BCUT2D eigenvalue weighted by Crippen LogP contribution is -2.16. The molecule has 0 aliphatic heterocycles. The van der Waals surface area contributed by atoms with Gasteiger partial charge in [-0.15, -0.1) is 0 Å². The number of primary amides is 1. The number of carbonyl (C=O) groups excluding carboxylic acids is 2. The minimum Gasteiger partial charge on any atom is -0.366 e. The lowest BCUT2D eigenvalue weighted by Gasteiger charge is -2.06. The van der Waals surface area contributed by atoms with E-state index in [4.69, 9.17) is 17.3 Å². The van der Waals surface area contributed by atoms with Crippen molar-refractivity contribution in [2.75, 3.05) is 5.32 Å². The molecular weight excluding hydrogens is 358 g/mol. The molecule has 0 saturated heterocycles. The van der Waals surface area contributed by atoms with Gasteiger partial charge in [0.05, 0.1) is 11.4 Å². The van der Waals surface area contributed by atoms with E-state index in [0.717, 1.165) is 0 Å². The molecule has 0 bridgehead atoms. The topological polar surface area (TPSA) is 85.1 Å². The zero-order valence-corrected chi connectivity index (χ0v) is 13.1. The molecule has 2 amide bonds. The monoisotopic (exact) mass is 367 g/mol. The number of anilines is 1. The highest BCUT2D eigenvalue weighted by atomic mass is 79.9. The van der Waals surface area contributed by atoms with Gasteiger partial charge in [0.2, 0.25) is 11.8 Å². The van der Waals surface area contributed by atoms with Crippen LogP contribution in [-0.4, -0.2) is 16.8 Å². The molecule has 1 heterocycles. The van der Waals surface area contributed by atoms with Gasteiger partial charge in [0.15, 0.2) is 0 Å². The standard InChI is InChI=1S/C14H11BrClN3O2/c15-10-6-12(18-7-11(10)16)19-13(20)5-8-2-1-3-9(4-8)14(17)21/h1-4,6-7H,5H2,(H2,17,21)(H,18,19,20). The van der Waals surface area contributed by atoms with Crippen LogP contribution in [0.3, 0.4) is 0 Å². The summed E-state index contributed by atoms with van der Waals surface area (Å²) in [6, 6.07) is 8.23. The number of nitrogens with two attached hydrogens (primary N) is 1. The maximum Gasteiger partial charge on any atom is 0.248 e. The second-order valence-corrected chi connectivity index (χ2v) is 5.53. The summed E-state index contributed by atoms with van der Waals surface area (Å²) in [6.07, 6.45) is 1.55. The molecule has 2 rings (SSSR count). The molecule has 1 aromatic heterocycles. The van der Waals surface area contributed by atoms with Gasteiger partial charge in [0.1, 0.15) is 5.82 Å². The van der Waals surface area contributed by atoms with E-state index >= 15 is 0 Å². The highest BCUT2D eigenvalue weighted by Gasteiger charge is 2.08. The number of nitrogens with one attached hydrogen (secondary N) is 1. The number of rotatable bonds is 4. The van der Waals surface area contributed by atoms with Crippen molar-refractivity contribution in [3.05, 3.63) is 57.2 Å². The average Bonchev–Trinajstić information content (AvgIpc) is 2.43. The SMILES string of the molecule is NC(=O)c1cccc(CC(=O)Nc2cc(Br)c(Cl)cn2)c1. The first-order valence-electron chi connectivity index (χ1n) is 5.95. The van der Waals surface area contributed by atoms with Crippen LogP contribution in [0.1, 0.15) is 15.9 Å². The number of halogens is 2. The van der Waals surface area contributed by atoms with Gasteiger partial charge in [0, 0.05) is 16.2 Å². The number of nitrogens with zero attached hydrogens (tertiary/aromatic N) is 1. The van der Waals surface area contributed by atoms with E-state index in [1.165, 1.54) is 6.20 Å². The van der Waals surface area contributed by atoms with Gasteiger partial charge < -0.3 is 11.1 Å². The Balaban J connectivity index is 2.06. The van der Waals surface area contributed by atoms with Gasteiger partial charge in [-0.25, -0.2) is 4.98 Å². The molecule has 0 atom stereocenters. The molecule has 0 spiro atoms. The highest BCUT2D eigenvalue weighted by Crippen LogP contribution is 2.23. The summed E-state index contributed by atoms with van der Waals surface area (Å²) in [5, 5.41) is 3.11. The number of hydrogen-bond acceptors (Lipinski definition) is 3. The summed E-state index contributed by atoms with van der Waals surface area (Å²) >= 11 is 9.08. The molecule has 0 aliphatic carbocycles. The fourth-order valence-electron chi connectivity index (χ4n) is 1.69. The predicted octanol–water partition coefficient (Wildman–Crippen LogP) is 2.78. The van der Waals surface area contributed by atoms with E-state index in [9.17, 15) is 9.59 Å². The van der Waals surface area contributed by atoms with Crippen molar-refractivity contribution < 1.29 is 9.59 Å². The first-order chi connectivity index (χ1) is 9.95. The largest absolute Gasteiger partial charge is 0.366 e. The van der Waals surface area contributed by atoms with Crippen molar-refractivity contribution in [3.8, 4) is 0 Å². The predicted molar refractivity (Wildman–Crippen MR) is 84.2 cm³/mol. The average molecular weight is 369 g/mol. The van der Waals surface area contributed by atoms with E-state index in [1.54, 1.807) is 30.3 Å². The molecule has 108 valence electrons. The van der Waals surface area contributed by atoms with Gasteiger partial charge in [-0.05, 0) is 39.7 Å². The highest BCUT2D eigenvalue weighted by molar-refractivity contribution is 9.10. The number of pyridine rings is 1. The first-order valence-corrected chi connectivity index (χ1v) is 7.12. The normalized spacial score (nSPS) is 10.2. The molecular formula is C14H11BrClN3O2. The number of aromatic nitrogens is 1. The molecule has 2 aromatic rings. The summed E-state index contributed by atoms with van der Waals surface area (Å²) in [7, 11) is 0. The molecule has 5 nitrogen and oxygen atoms in total. The number of hydrogen-bond donors (Lipinski definition) is 2. The summed E-state index contributed by atoms with van der Waals surface area (Å²) in [5.41, 5.74) is 6.26. The van der Waals surface area contributed by atoms with E-state index < -0.39 is 5.91 Å². The fourth-order valence-corrected chi connectivity index (χ4v) is 2.11. The van der Waals surface area contributed by atoms with Crippen molar-refractivity contribution in [2.45, 2.75) is 6.42 Å². The Morgan fingerprint density at radius 1 is 1.33 bits per heavy atom. The number of carbonyl (C=O) groups is 2. The number of amides is 2. The van der Waals surface area contributed by atoms with Gasteiger partial charge >= 0.3 is 0 Å². The number of benzene rings is 1. The van der Waals surface area contributed by atoms with Gasteiger partial charge in [-0.1, -0.05) is 23.7 Å². The Kier molecular flexibility index (Phi) is 4.93. The third-order valence-corrected chi connectivity index (χ3v) is 3.84. The van der Waals surface area contributed by atoms with E-state index in [-0.39, 0.29) is 12.3 Å².